The second-order valence-corrected chi connectivity index (χ2v) is 10.3. The van der Waals surface area contributed by atoms with Crippen molar-refractivity contribution in [1.82, 2.24) is 24.5 Å². The molecule has 3 aromatic rings. The quantitative estimate of drug-likeness (QED) is 0.640. The van der Waals surface area contributed by atoms with E-state index in [0.717, 1.165) is 12.8 Å². The normalized spacial score (nSPS) is 19.0. The fourth-order valence-electron chi connectivity index (χ4n) is 3.73. The third kappa shape index (κ3) is 3.94. The number of hydrogen-bond acceptors (Lipinski definition) is 7. The van der Waals surface area contributed by atoms with Crippen molar-refractivity contribution in [2.75, 3.05) is 37.3 Å². The molecule has 0 amide bonds. The predicted octanol–water partition coefficient (Wildman–Crippen LogP) is 2.17. The Kier molecular flexibility index (Phi) is 4.63. The number of aromatic amines is 1. The number of anilines is 1. The maximum atomic E-state index is 14.5. The topological polar surface area (TPSA) is 104 Å². The summed E-state index contributed by atoms with van der Waals surface area (Å²) in [6.07, 6.45) is 4.49. The lowest BCUT2D eigenvalue weighted by Gasteiger charge is -2.33. The van der Waals surface area contributed by atoms with Gasteiger partial charge in [0.1, 0.15) is 23.4 Å². The minimum atomic E-state index is -3.20. The van der Waals surface area contributed by atoms with E-state index in [1.165, 1.54) is 23.0 Å². The van der Waals surface area contributed by atoms with Crippen molar-refractivity contribution >= 4 is 26.7 Å². The zero-order valence-corrected chi connectivity index (χ0v) is 18.1. The molecule has 0 unspecified atom stereocenters. The summed E-state index contributed by atoms with van der Waals surface area (Å²) >= 11 is 0. The smallest absolute Gasteiger partial charge is 0.211 e. The van der Waals surface area contributed by atoms with Gasteiger partial charge in [-0.1, -0.05) is 0 Å². The van der Waals surface area contributed by atoms with E-state index >= 15 is 0 Å². The Bertz CT molecular complexity index is 1250. The summed E-state index contributed by atoms with van der Waals surface area (Å²) in [6.45, 7) is 3.84. The Morgan fingerprint density at radius 3 is 2.55 bits per heavy atom. The molecule has 164 valence electrons. The molecule has 0 radical (unpaired) electrons. The number of aromatic nitrogens is 4. The Balaban J connectivity index is 1.44. The number of benzene rings is 1. The van der Waals surface area contributed by atoms with Crippen LogP contribution in [-0.4, -0.2) is 70.9 Å². The first kappa shape index (κ1) is 20.1. The number of piperazine rings is 1. The van der Waals surface area contributed by atoms with Crippen LogP contribution in [0.25, 0.3) is 22.3 Å². The second-order valence-electron chi connectivity index (χ2n) is 8.36. The molecule has 1 aliphatic heterocycles. The maximum absolute atomic E-state index is 14.5. The van der Waals surface area contributed by atoms with Crippen LogP contribution < -0.4 is 9.64 Å². The molecule has 9 nitrogen and oxygen atoms in total. The molecule has 1 aliphatic carbocycles. The lowest BCUT2D eigenvalue weighted by Crippen LogP contribution is -2.48. The van der Waals surface area contributed by atoms with Gasteiger partial charge in [0.05, 0.1) is 17.5 Å². The van der Waals surface area contributed by atoms with Gasteiger partial charge in [-0.3, -0.25) is 5.10 Å². The first-order valence-electron chi connectivity index (χ1n) is 10.1. The van der Waals surface area contributed by atoms with Crippen molar-refractivity contribution in [1.29, 1.82) is 0 Å². The maximum Gasteiger partial charge on any atom is 0.211 e. The van der Waals surface area contributed by atoms with Gasteiger partial charge in [-0.15, -0.1) is 0 Å². The van der Waals surface area contributed by atoms with Crippen LogP contribution in [0.2, 0.25) is 0 Å². The highest BCUT2D eigenvalue weighted by molar-refractivity contribution is 7.88. The average molecular weight is 447 g/mol. The molecule has 5 rings (SSSR count). The van der Waals surface area contributed by atoms with Crippen molar-refractivity contribution in [2.45, 2.75) is 25.4 Å². The molecule has 1 N–H and O–H groups in total. The summed E-state index contributed by atoms with van der Waals surface area (Å²) in [7, 11) is -3.20. The van der Waals surface area contributed by atoms with Crippen LogP contribution in [0.3, 0.4) is 0 Å². The minimum Gasteiger partial charge on any atom is -0.484 e. The molecule has 2 aliphatic rings. The van der Waals surface area contributed by atoms with E-state index in [2.05, 4.69) is 20.2 Å². The fourth-order valence-corrected chi connectivity index (χ4v) is 4.56. The minimum absolute atomic E-state index is 0.210. The lowest BCUT2D eigenvalue weighted by molar-refractivity contribution is 0.191. The standard InChI is InChI=1S/C20H23FN6O3S/c1-20(3-4-20)30-17-9-13-15(10-14(17)21)24-25-19(13)16-11-18(23-12-22-16)26-5-7-27(8-6-26)31(2,28)29/h9-12H,3-8H2,1-2H3,(H,24,25). The molecule has 11 heteroatoms. The number of H-pyrrole nitrogens is 1. The molecule has 0 bridgehead atoms. The van der Waals surface area contributed by atoms with Gasteiger partial charge < -0.3 is 9.64 Å². The van der Waals surface area contributed by atoms with Crippen LogP contribution in [0, 0.1) is 5.82 Å². The van der Waals surface area contributed by atoms with E-state index in [4.69, 9.17) is 4.74 Å². The van der Waals surface area contributed by atoms with Crippen LogP contribution >= 0.6 is 0 Å². The molecule has 2 fully saturated rings. The number of hydrogen-bond donors (Lipinski definition) is 1. The Hall–Kier alpha value is -2.79. The number of sulfonamides is 1. The van der Waals surface area contributed by atoms with Gasteiger partial charge in [0.15, 0.2) is 11.6 Å². The number of halogens is 1. The Morgan fingerprint density at radius 2 is 1.87 bits per heavy atom. The van der Waals surface area contributed by atoms with Crippen LogP contribution in [0.1, 0.15) is 19.8 Å². The van der Waals surface area contributed by atoms with Gasteiger partial charge in [0, 0.05) is 43.7 Å². The van der Waals surface area contributed by atoms with Gasteiger partial charge in [-0.05, 0) is 25.8 Å². The second kappa shape index (κ2) is 7.13. The van der Waals surface area contributed by atoms with Gasteiger partial charge in [0.25, 0.3) is 0 Å². The van der Waals surface area contributed by atoms with Gasteiger partial charge in [-0.25, -0.2) is 22.8 Å². The number of ether oxygens (including phenoxy) is 1. The van der Waals surface area contributed by atoms with E-state index in [-0.39, 0.29) is 11.4 Å². The SMILES string of the molecule is CC1(Oc2cc3c(-c4cc(N5CCN(S(C)(=O)=O)CC5)ncn4)n[nH]c3cc2F)CC1. The highest BCUT2D eigenvalue weighted by atomic mass is 32.2. The van der Waals surface area contributed by atoms with E-state index in [1.807, 2.05) is 17.9 Å². The van der Waals surface area contributed by atoms with Crippen molar-refractivity contribution < 1.29 is 17.5 Å². The lowest BCUT2D eigenvalue weighted by atomic mass is 10.1. The average Bonchev–Trinajstić information content (AvgIpc) is 3.33. The molecule has 3 heterocycles. The van der Waals surface area contributed by atoms with Gasteiger partial charge in [-0.2, -0.15) is 9.40 Å². The molecule has 2 aromatic heterocycles. The number of nitrogens with one attached hydrogen (secondary N) is 1. The molecule has 1 aromatic carbocycles. The first-order valence-corrected chi connectivity index (χ1v) is 12.0. The highest BCUT2D eigenvalue weighted by Crippen LogP contribution is 2.41. The summed E-state index contributed by atoms with van der Waals surface area (Å²) < 4.78 is 45.3. The molecule has 0 spiro atoms. The van der Waals surface area contributed by atoms with Gasteiger partial charge in [0.2, 0.25) is 10.0 Å². The Labute approximate surface area is 179 Å². The van der Waals surface area contributed by atoms with E-state index in [1.54, 1.807) is 6.07 Å². The highest BCUT2D eigenvalue weighted by Gasteiger charge is 2.40. The van der Waals surface area contributed by atoms with Crippen molar-refractivity contribution in [3.8, 4) is 17.1 Å². The van der Waals surface area contributed by atoms with E-state index in [9.17, 15) is 12.8 Å². The summed E-state index contributed by atoms with van der Waals surface area (Å²) in [5.74, 6) is 0.475. The number of rotatable bonds is 5. The van der Waals surface area contributed by atoms with Crippen molar-refractivity contribution in [2.24, 2.45) is 0 Å². The molecule has 1 saturated carbocycles. The molecular formula is C20H23FN6O3S. The monoisotopic (exact) mass is 446 g/mol. The van der Waals surface area contributed by atoms with Crippen LogP contribution in [0.5, 0.6) is 5.75 Å². The third-order valence-corrected chi connectivity index (χ3v) is 7.16. The summed E-state index contributed by atoms with van der Waals surface area (Å²) in [5.41, 5.74) is 1.44. The van der Waals surface area contributed by atoms with Crippen molar-refractivity contribution in [3.05, 3.63) is 30.3 Å². The summed E-state index contributed by atoms with van der Waals surface area (Å²) in [6, 6.07) is 4.87. The van der Waals surface area contributed by atoms with E-state index in [0.29, 0.717) is 54.3 Å². The van der Waals surface area contributed by atoms with E-state index < -0.39 is 15.8 Å². The predicted molar refractivity (Wildman–Crippen MR) is 114 cm³/mol. The van der Waals surface area contributed by atoms with Crippen molar-refractivity contribution in [3.63, 3.8) is 0 Å². The summed E-state index contributed by atoms with van der Waals surface area (Å²) in [4.78, 5) is 10.7. The first-order chi connectivity index (χ1) is 14.7. The zero-order chi connectivity index (χ0) is 21.8. The Morgan fingerprint density at radius 1 is 1.13 bits per heavy atom. The molecule has 0 atom stereocenters. The zero-order valence-electron chi connectivity index (χ0n) is 17.3. The molecule has 1 saturated heterocycles. The number of nitrogens with zero attached hydrogens (tertiary/aromatic N) is 5. The van der Waals surface area contributed by atoms with Crippen LogP contribution in [0.15, 0.2) is 24.5 Å². The largest absolute Gasteiger partial charge is 0.484 e. The van der Waals surface area contributed by atoms with Gasteiger partial charge >= 0.3 is 0 Å². The third-order valence-electron chi connectivity index (χ3n) is 5.85. The number of fused-ring (bicyclic) bond motifs is 1. The van der Waals surface area contributed by atoms with Crippen LogP contribution in [-0.2, 0) is 10.0 Å². The summed E-state index contributed by atoms with van der Waals surface area (Å²) in [5, 5.41) is 7.92. The molecule has 31 heavy (non-hydrogen) atoms. The molecular weight excluding hydrogens is 423 g/mol. The van der Waals surface area contributed by atoms with Crippen LogP contribution in [0.4, 0.5) is 10.2 Å². The fraction of sp³-hybridized carbons (Fsp3) is 0.450.